The molecule has 0 atom stereocenters. The van der Waals surface area contributed by atoms with Gasteiger partial charge in [-0.1, -0.05) is 13.8 Å². The summed E-state index contributed by atoms with van der Waals surface area (Å²) >= 11 is 0. The number of rotatable bonds is 9. The van der Waals surface area contributed by atoms with Crippen molar-refractivity contribution in [2.24, 2.45) is 5.92 Å². The lowest BCUT2D eigenvalue weighted by Crippen LogP contribution is -2.28. The van der Waals surface area contributed by atoms with E-state index in [2.05, 4.69) is 5.32 Å². The second kappa shape index (κ2) is 10.9. The summed E-state index contributed by atoms with van der Waals surface area (Å²) in [5.74, 6) is -1.17. The molecule has 0 radical (unpaired) electrons. The smallest absolute Gasteiger partial charge is 0.331 e. The number of hydrogen-bond acceptors (Lipinski definition) is 5. The van der Waals surface area contributed by atoms with E-state index >= 15 is 0 Å². The zero-order valence-electron chi connectivity index (χ0n) is 13.2. The Bertz CT molecular complexity index is 374. The van der Waals surface area contributed by atoms with Gasteiger partial charge in [0, 0.05) is 24.6 Å². The summed E-state index contributed by atoms with van der Waals surface area (Å²) in [6.45, 7) is 7.91. The maximum absolute atomic E-state index is 11.3. The van der Waals surface area contributed by atoms with Crippen molar-refractivity contribution in [3.8, 4) is 0 Å². The first-order valence-corrected chi connectivity index (χ1v) is 7.16. The highest BCUT2D eigenvalue weighted by Gasteiger charge is 2.05. The lowest BCUT2D eigenvalue weighted by atomic mass is 10.2. The Balaban J connectivity index is 3.65. The van der Waals surface area contributed by atoms with E-state index in [4.69, 9.17) is 9.47 Å². The summed E-state index contributed by atoms with van der Waals surface area (Å²) in [5.41, 5.74) is 0. The number of hydrogen-bond donors (Lipinski definition) is 1. The number of unbranched alkanes of at least 4 members (excludes halogenated alkanes) is 1. The zero-order chi connectivity index (χ0) is 16.3. The average molecular weight is 299 g/mol. The standard InChI is InChI=1S/C15H25NO5/c1-11(2)15(19)16-9-5-6-10-20-13(17)7-8-14(18)21-12(3)4/h7-8,11-12H,5-6,9-10H2,1-4H3,(H,16,19)/b8-7+. The van der Waals surface area contributed by atoms with E-state index in [1.807, 2.05) is 13.8 Å². The van der Waals surface area contributed by atoms with Gasteiger partial charge in [-0.15, -0.1) is 0 Å². The van der Waals surface area contributed by atoms with Gasteiger partial charge in [0.2, 0.25) is 5.91 Å². The van der Waals surface area contributed by atoms with E-state index in [0.29, 0.717) is 13.0 Å². The minimum absolute atomic E-state index is 0.0126. The van der Waals surface area contributed by atoms with Gasteiger partial charge in [0.05, 0.1) is 12.7 Å². The summed E-state index contributed by atoms with van der Waals surface area (Å²) in [6, 6.07) is 0. The van der Waals surface area contributed by atoms with Crippen molar-refractivity contribution < 1.29 is 23.9 Å². The fraction of sp³-hybridized carbons (Fsp3) is 0.667. The predicted molar refractivity (Wildman–Crippen MR) is 78.4 cm³/mol. The lowest BCUT2D eigenvalue weighted by Gasteiger charge is -2.07. The summed E-state index contributed by atoms with van der Waals surface area (Å²) in [7, 11) is 0. The summed E-state index contributed by atoms with van der Waals surface area (Å²) < 4.78 is 9.73. The van der Waals surface area contributed by atoms with Gasteiger partial charge < -0.3 is 14.8 Å². The normalized spacial score (nSPS) is 11.0. The maximum atomic E-state index is 11.3. The molecule has 120 valence electrons. The van der Waals surface area contributed by atoms with Crippen molar-refractivity contribution in [1.82, 2.24) is 5.32 Å². The second-order valence-electron chi connectivity index (χ2n) is 5.14. The van der Waals surface area contributed by atoms with Crippen LogP contribution < -0.4 is 5.32 Å². The van der Waals surface area contributed by atoms with Crippen LogP contribution in [0, 0.1) is 5.92 Å². The van der Waals surface area contributed by atoms with Crippen molar-refractivity contribution in [3.63, 3.8) is 0 Å². The third kappa shape index (κ3) is 11.7. The van der Waals surface area contributed by atoms with Crippen LogP contribution in [0.25, 0.3) is 0 Å². The molecule has 0 aromatic carbocycles. The fourth-order valence-electron chi connectivity index (χ4n) is 1.27. The summed E-state index contributed by atoms with van der Waals surface area (Å²) in [5, 5.41) is 2.77. The zero-order valence-corrected chi connectivity index (χ0v) is 13.2. The molecule has 0 aliphatic rings. The number of amides is 1. The molecule has 0 bridgehead atoms. The van der Waals surface area contributed by atoms with Crippen LogP contribution >= 0.6 is 0 Å². The van der Waals surface area contributed by atoms with E-state index in [-0.39, 0.29) is 24.5 Å². The lowest BCUT2D eigenvalue weighted by molar-refractivity contribution is -0.142. The monoisotopic (exact) mass is 299 g/mol. The molecule has 0 saturated heterocycles. The van der Waals surface area contributed by atoms with Crippen molar-refractivity contribution in [2.45, 2.75) is 46.6 Å². The van der Waals surface area contributed by atoms with E-state index in [1.54, 1.807) is 13.8 Å². The van der Waals surface area contributed by atoms with Gasteiger partial charge in [-0.25, -0.2) is 9.59 Å². The molecular formula is C15H25NO5. The van der Waals surface area contributed by atoms with Crippen LogP contribution in [0.1, 0.15) is 40.5 Å². The van der Waals surface area contributed by atoms with Gasteiger partial charge in [0.25, 0.3) is 0 Å². The number of nitrogens with one attached hydrogen (secondary N) is 1. The molecule has 0 heterocycles. The minimum atomic E-state index is -0.582. The highest BCUT2D eigenvalue weighted by atomic mass is 16.5. The van der Waals surface area contributed by atoms with Crippen molar-refractivity contribution in [1.29, 1.82) is 0 Å². The number of ether oxygens (including phenoxy) is 2. The first-order chi connectivity index (χ1) is 9.82. The maximum Gasteiger partial charge on any atom is 0.331 e. The first kappa shape index (κ1) is 19.1. The molecule has 0 aliphatic heterocycles. The fourth-order valence-corrected chi connectivity index (χ4v) is 1.27. The van der Waals surface area contributed by atoms with Crippen LogP contribution in [0.2, 0.25) is 0 Å². The van der Waals surface area contributed by atoms with E-state index in [0.717, 1.165) is 18.6 Å². The molecular weight excluding hydrogens is 274 g/mol. The molecule has 0 saturated carbocycles. The Labute approximate surface area is 125 Å². The van der Waals surface area contributed by atoms with E-state index in [9.17, 15) is 14.4 Å². The van der Waals surface area contributed by atoms with Crippen molar-refractivity contribution >= 4 is 17.8 Å². The summed E-state index contributed by atoms with van der Waals surface area (Å²) in [6.07, 6.45) is 3.24. The van der Waals surface area contributed by atoms with Crippen LogP contribution in [-0.4, -0.2) is 37.1 Å². The Morgan fingerprint density at radius 1 is 1.00 bits per heavy atom. The van der Waals surface area contributed by atoms with Gasteiger partial charge in [0.15, 0.2) is 0 Å². The quantitative estimate of drug-likeness (QED) is 0.397. The molecule has 6 nitrogen and oxygen atoms in total. The van der Waals surface area contributed by atoms with Crippen LogP contribution in [0.4, 0.5) is 0 Å². The molecule has 0 fully saturated rings. The van der Waals surface area contributed by atoms with Gasteiger partial charge in [-0.05, 0) is 26.7 Å². The van der Waals surface area contributed by atoms with Crippen LogP contribution in [0.15, 0.2) is 12.2 Å². The number of esters is 2. The van der Waals surface area contributed by atoms with Gasteiger partial charge in [-0.2, -0.15) is 0 Å². The minimum Gasteiger partial charge on any atom is -0.463 e. The van der Waals surface area contributed by atoms with Crippen molar-refractivity contribution in [2.75, 3.05) is 13.2 Å². The highest BCUT2D eigenvalue weighted by molar-refractivity contribution is 5.91. The average Bonchev–Trinajstić information content (AvgIpc) is 2.39. The second-order valence-corrected chi connectivity index (χ2v) is 5.14. The first-order valence-electron chi connectivity index (χ1n) is 7.16. The molecule has 0 unspecified atom stereocenters. The molecule has 0 rings (SSSR count). The largest absolute Gasteiger partial charge is 0.463 e. The van der Waals surface area contributed by atoms with Crippen LogP contribution in [-0.2, 0) is 23.9 Å². The molecule has 0 aromatic heterocycles. The Morgan fingerprint density at radius 2 is 1.62 bits per heavy atom. The van der Waals surface area contributed by atoms with Gasteiger partial charge >= 0.3 is 11.9 Å². The molecule has 0 spiro atoms. The highest BCUT2D eigenvalue weighted by Crippen LogP contribution is 1.95. The third-order valence-electron chi connectivity index (χ3n) is 2.35. The molecule has 0 aliphatic carbocycles. The molecule has 1 amide bonds. The Kier molecular flexibility index (Phi) is 9.92. The van der Waals surface area contributed by atoms with E-state index in [1.165, 1.54) is 0 Å². The van der Waals surface area contributed by atoms with E-state index < -0.39 is 11.9 Å². The van der Waals surface area contributed by atoms with Crippen molar-refractivity contribution in [3.05, 3.63) is 12.2 Å². The van der Waals surface area contributed by atoms with Crippen LogP contribution in [0.5, 0.6) is 0 Å². The Morgan fingerprint density at radius 3 is 2.19 bits per heavy atom. The third-order valence-corrected chi connectivity index (χ3v) is 2.35. The van der Waals surface area contributed by atoms with Gasteiger partial charge in [-0.3, -0.25) is 4.79 Å². The molecule has 6 heteroatoms. The predicted octanol–water partition coefficient (Wildman–Crippen LogP) is 1.59. The topological polar surface area (TPSA) is 81.7 Å². The SMILES string of the molecule is CC(C)OC(=O)/C=C/C(=O)OCCCCNC(=O)C(C)C. The molecule has 21 heavy (non-hydrogen) atoms. The summed E-state index contributed by atoms with van der Waals surface area (Å²) in [4.78, 5) is 33.7. The van der Waals surface area contributed by atoms with Crippen LogP contribution in [0.3, 0.4) is 0 Å². The number of carbonyl (C=O) groups excluding carboxylic acids is 3. The number of carbonyl (C=O) groups is 3. The molecule has 0 aromatic rings. The molecule has 1 N–H and O–H groups in total. The van der Waals surface area contributed by atoms with Gasteiger partial charge in [0.1, 0.15) is 0 Å². The Hall–Kier alpha value is -1.85.